The average molecular weight is 294 g/mol. The number of methoxy groups -OCH3 is 1. The molecule has 106 valence electrons. The van der Waals surface area contributed by atoms with Gasteiger partial charge in [-0.15, -0.1) is 0 Å². The summed E-state index contributed by atoms with van der Waals surface area (Å²) in [6.07, 6.45) is 1.48. The van der Waals surface area contributed by atoms with Gasteiger partial charge in [-0.1, -0.05) is 23.7 Å². The normalized spacial score (nSPS) is 12.2. The smallest absolute Gasteiger partial charge is 0.374 e. The molecule has 0 amide bonds. The molecule has 5 heteroatoms. The number of carbonyl (C=O) groups is 1. The lowest BCUT2D eigenvalue weighted by molar-refractivity contribution is 0.0563. The molecule has 2 aromatic rings. The van der Waals surface area contributed by atoms with Crippen LogP contribution in [0.2, 0.25) is 5.02 Å². The van der Waals surface area contributed by atoms with Gasteiger partial charge in [0.05, 0.1) is 13.4 Å². The zero-order chi connectivity index (χ0) is 14.5. The molecule has 0 aliphatic rings. The van der Waals surface area contributed by atoms with Gasteiger partial charge in [0.15, 0.2) is 0 Å². The highest BCUT2D eigenvalue weighted by Gasteiger charge is 2.16. The van der Waals surface area contributed by atoms with Crippen LogP contribution in [0.15, 0.2) is 41.0 Å². The first kappa shape index (κ1) is 14.6. The zero-order valence-electron chi connectivity index (χ0n) is 11.4. The van der Waals surface area contributed by atoms with E-state index in [0.29, 0.717) is 11.6 Å². The minimum atomic E-state index is -0.467. The molecule has 0 aliphatic heterocycles. The topological polar surface area (TPSA) is 51.5 Å². The van der Waals surface area contributed by atoms with Crippen molar-refractivity contribution >= 4 is 17.6 Å². The summed E-state index contributed by atoms with van der Waals surface area (Å²) in [6.45, 7) is 2.56. The number of ether oxygens (including phenoxy) is 1. The first-order chi connectivity index (χ1) is 9.61. The molecular weight excluding hydrogens is 278 g/mol. The Bertz CT molecular complexity index is 577. The SMILES string of the molecule is COC(=O)c1occc1CN[C@@H](C)c1ccc(Cl)cc1. The van der Waals surface area contributed by atoms with Crippen LogP contribution in [0, 0.1) is 0 Å². The van der Waals surface area contributed by atoms with Crippen molar-refractivity contribution in [3.05, 3.63) is 58.5 Å². The lowest BCUT2D eigenvalue weighted by atomic mass is 10.1. The predicted octanol–water partition coefficient (Wildman–Crippen LogP) is 3.57. The molecule has 1 aromatic carbocycles. The largest absolute Gasteiger partial charge is 0.463 e. The van der Waals surface area contributed by atoms with Gasteiger partial charge in [0.25, 0.3) is 0 Å². The second-order valence-electron chi connectivity index (χ2n) is 4.42. The van der Waals surface area contributed by atoms with Gasteiger partial charge < -0.3 is 14.5 Å². The highest BCUT2D eigenvalue weighted by atomic mass is 35.5. The zero-order valence-corrected chi connectivity index (χ0v) is 12.1. The van der Waals surface area contributed by atoms with E-state index in [-0.39, 0.29) is 11.8 Å². The fraction of sp³-hybridized carbons (Fsp3) is 0.267. The summed E-state index contributed by atoms with van der Waals surface area (Å²) in [5.74, 6) is -0.228. The maximum absolute atomic E-state index is 11.5. The second-order valence-corrected chi connectivity index (χ2v) is 4.86. The van der Waals surface area contributed by atoms with E-state index in [4.69, 9.17) is 16.0 Å². The Morgan fingerprint density at radius 2 is 2.05 bits per heavy atom. The fourth-order valence-electron chi connectivity index (χ4n) is 1.88. The van der Waals surface area contributed by atoms with Crippen molar-refractivity contribution < 1.29 is 13.9 Å². The first-order valence-corrected chi connectivity index (χ1v) is 6.63. The summed E-state index contributed by atoms with van der Waals surface area (Å²) >= 11 is 5.86. The van der Waals surface area contributed by atoms with Crippen LogP contribution in [0.4, 0.5) is 0 Å². The molecule has 1 aromatic heterocycles. The van der Waals surface area contributed by atoms with Crippen LogP contribution in [0.25, 0.3) is 0 Å². The lowest BCUT2D eigenvalue weighted by Crippen LogP contribution is -2.19. The number of benzene rings is 1. The minimum absolute atomic E-state index is 0.132. The molecular formula is C15H16ClNO3. The third kappa shape index (κ3) is 3.40. The number of rotatable bonds is 5. The molecule has 20 heavy (non-hydrogen) atoms. The van der Waals surface area contributed by atoms with E-state index in [1.54, 1.807) is 6.07 Å². The van der Waals surface area contributed by atoms with Crippen molar-refractivity contribution in [3.8, 4) is 0 Å². The van der Waals surface area contributed by atoms with Crippen LogP contribution in [0.5, 0.6) is 0 Å². The number of nitrogens with one attached hydrogen (secondary N) is 1. The summed E-state index contributed by atoms with van der Waals surface area (Å²) in [5.41, 5.74) is 1.90. The maximum atomic E-state index is 11.5. The monoisotopic (exact) mass is 293 g/mol. The van der Waals surface area contributed by atoms with Gasteiger partial charge in [0.2, 0.25) is 5.76 Å². The van der Waals surface area contributed by atoms with E-state index in [0.717, 1.165) is 11.1 Å². The highest BCUT2D eigenvalue weighted by molar-refractivity contribution is 6.30. The van der Waals surface area contributed by atoms with Gasteiger partial charge in [-0.2, -0.15) is 0 Å². The number of hydrogen-bond donors (Lipinski definition) is 1. The minimum Gasteiger partial charge on any atom is -0.463 e. The van der Waals surface area contributed by atoms with Gasteiger partial charge in [-0.25, -0.2) is 4.79 Å². The number of esters is 1. The molecule has 1 heterocycles. The maximum Gasteiger partial charge on any atom is 0.374 e. The van der Waals surface area contributed by atoms with E-state index in [1.807, 2.05) is 31.2 Å². The van der Waals surface area contributed by atoms with Crippen molar-refractivity contribution in [2.24, 2.45) is 0 Å². The Balaban J connectivity index is 2.00. The van der Waals surface area contributed by atoms with Crippen LogP contribution < -0.4 is 5.32 Å². The Kier molecular flexibility index (Phi) is 4.82. The molecule has 1 N–H and O–H groups in total. The van der Waals surface area contributed by atoms with E-state index >= 15 is 0 Å². The average Bonchev–Trinajstić information content (AvgIpc) is 2.93. The lowest BCUT2D eigenvalue weighted by Gasteiger charge is -2.14. The van der Waals surface area contributed by atoms with E-state index in [1.165, 1.54) is 13.4 Å². The molecule has 0 aliphatic carbocycles. The Morgan fingerprint density at radius 1 is 1.35 bits per heavy atom. The summed E-state index contributed by atoms with van der Waals surface area (Å²) in [7, 11) is 1.33. The van der Waals surface area contributed by atoms with Crippen LogP contribution in [0.3, 0.4) is 0 Å². The number of halogens is 1. The standard InChI is InChI=1S/C15H16ClNO3/c1-10(11-3-5-13(16)6-4-11)17-9-12-7-8-20-14(12)15(18)19-2/h3-8,10,17H,9H2,1-2H3/t10-/m0/s1. The molecule has 4 nitrogen and oxygen atoms in total. The van der Waals surface area contributed by atoms with Crippen LogP contribution in [-0.4, -0.2) is 13.1 Å². The van der Waals surface area contributed by atoms with Gasteiger partial charge in [0, 0.05) is 23.2 Å². The highest BCUT2D eigenvalue weighted by Crippen LogP contribution is 2.18. The fourth-order valence-corrected chi connectivity index (χ4v) is 2.01. The van der Waals surface area contributed by atoms with E-state index in [2.05, 4.69) is 10.1 Å². The number of furan rings is 1. The van der Waals surface area contributed by atoms with Crippen LogP contribution in [-0.2, 0) is 11.3 Å². The first-order valence-electron chi connectivity index (χ1n) is 6.25. The van der Waals surface area contributed by atoms with Gasteiger partial charge in [-0.05, 0) is 30.7 Å². The molecule has 2 rings (SSSR count). The quantitative estimate of drug-likeness (QED) is 0.856. The van der Waals surface area contributed by atoms with Crippen molar-refractivity contribution in [3.63, 3.8) is 0 Å². The molecule has 0 saturated carbocycles. The summed E-state index contributed by atoms with van der Waals surface area (Å²) in [6, 6.07) is 9.54. The summed E-state index contributed by atoms with van der Waals surface area (Å²) < 4.78 is 9.80. The van der Waals surface area contributed by atoms with Gasteiger partial charge >= 0.3 is 5.97 Å². The number of carbonyl (C=O) groups excluding carboxylic acids is 1. The van der Waals surface area contributed by atoms with Crippen molar-refractivity contribution in [1.29, 1.82) is 0 Å². The second kappa shape index (κ2) is 6.59. The van der Waals surface area contributed by atoms with Gasteiger partial charge in [-0.3, -0.25) is 0 Å². The molecule has 0 unspecified atom stereocenters. The van der Waals surface area contributed by atoms with E-state index in [9.17, 15) is 4.79 Å². The van der Waals surface area contributed by atoms with Crippen molar-refractivity contribution in [2.45, 2.75) is 19.5 Å². The Labute approximate surface area is 122 Å². The molecule has 0 saturated heterocycles. The Hall–Kier alpha value is -1.78. The van der Waals surface area contributed by atoms with Crippen LogP contribution >= 0.6 is 11.6 Å². The third-order valence-electron chi connectivity index (χ3n) is 3.09. The molecule has 0 spiro atoms. The Morgan fingerprint density at radius 3 is 2.70 bits per heavy atom. The molecule has 1 atom stereocenters. The van der Waals surface area contributed by atoms with E-state index < -0.39 is 5.97 Å². The van der Waals surface area contributed by atoms with Crippen molar-refractivity contribution in [1.82, 2.24) is 5.32 Å². The van der Waals surface area contributed by atoms with Gasteiger partial charge in [0.1, 0.15) is 0 Å². The molecule has 0 fully saturated rings. The van der Waals surface area contributed by atoms with Crippen LogP contribution in [0.1, 0.15) is 34.6 Å². The predicted molar refractivity (Wildman–Crippen MR) is 76.8 cm³/mol. The summed E-state index contributed by atoms with van der Waals surface area (Å²) in [4.78, 5) is 11.5. The van der Waals surface area contributed by atoms with Crippen molar-refractivity contribution in [2.75, 3.05) is 7.11 Å². The summed E-state index contributed by atoms with van der Waals surface area (Å²) in [5, 5.41) is 4.04. The molecule has 0 bridgehead atoms. The number of hydrogen-bond acceptors (Lipinski definition) is 4. The molecule has 0 radical (unpaired) electrons. The third-order valence-corrected chi connectivity index (χ3v) is 3.34.